The minimum Gasteiger partial charge on any atom is -0.507 e. The third-order valence-corrected chi connectivity index (χ3v) is 5.87. The number of hydrogen-bond acceptors (Lipinski definition) is 4. The number of para-hydroxylation sites is 2. The van der Waals surface area contributed by atoms with Gasteiger partial charge >= 0.3 is 0 Å². The molecule has 0 aliphatic heterocycles. The molecule has 0 aromatic heterocycles. The Kier molecular flexibility index (Phi) is 11.4. The Labute approximate surface area is 196 Å². The second-order valence-electron chi connectivity index (χ2n) is 8.26. The van der Waals surface area contributed by atoms with Crippen molar-refractivity contribution >= 4 is 12.4 Å². The predicted octanol–water partition coefficient (Wildman–Crippen LogP) is 6.29. The van der Waals surface area contributed by atoms with Crippen LogP contribution in [-0.4, -0.2) is 34.7 Å². The van der Waals surface area contributed by atoms with Gasteiger partial charge < -0.3 is 10.2 Å². The van der Waals surface area contributed by atoms with Crippen LogP contribution in [0, 0.1) is 0 Å². The molecule has 4 nitrogen and oxygen atoms in total. The van der Waals surface area contributed by atoms with Crippen LogP contribution in [0.25, 0.3) is 0 Å². The summed E-state index contributed by atoms with van der Waals surface area (Å²) in [7, 11) is 0. The van der Waals surface area contributed by atoms with E-state index in [0.717, 1.165) is 11.1 Å². The first-order valence-electron chi connectivity index (χ1n) is 11.3. The smallest absolute Gasteiger partial charge is 0.124 e. The molecule has 2 N–H and O–H groups in total. The Morgan fingerprint density at radius 2 is 0.935 bits per heavy atom. The minimum atomic E-state index is 0. The quantitative estimate of drug-likeness (QED) is 0.412. The number of benzene rings is 2. The molecule has 5 heteroatoms. The summed E-state index contributed by atoms with van der Waals surface area (Å²) in [6, 6.07) is 15.6. The Hall–Kier alpha value is -2.13. The molecule has 2 aliphatic rings. The first-order chi connectivity index (χ1) is 14.7. The fourth-order valence-electron chi connectivity index (χ4n) is 4.03. The van der Waals surface area contributed by atoms with E-state index in [1.54, 1.807) is 12.1 Å². The molecular formula is C26H34N2NiO2. The number of rotatable bonds is 4. The van der Waals surface area contributed by atoms with Gasteiger partial charge in [-0.15, -0.1) is 0 Å². The van der Waals surface area contributed by atoms with Gasteiger partial charge in [0.25, 0.3) is 0 Å². The summed E-state index contributed by atoms with van der Waals surface area (Å²) in [5.41, 5.74) is 1.64. The molecule has 2 aromatic carbocycles. The fourth-order valence-corrected chi connectivity index (χ4v) is 4.03. The summed E-state index contributed by atoms with van der Waals surface area (Å²) < 4.78 is 0. The van der Waals surface area contributed by atoms with Crippen LogP contribution in [0.4, 0.5) is 0 Å². The zero-order valence-corrected chi connectivity index (χ0v) is 19.1. The van der Waals surface area contributed by atoms with E-state index in [4.69, 9.17) is 0 Å². The van der Waals surface area contributed by atoms with Crippen molar-refractivity contribution in [1.82, 2.24) is 0 Å². The molecule has 2 aromatic rings. The molecule has 2 saturated carbocycles. The maximum absolute atomic E-state index is 9.55. The van der Waals surface area contributed by atoms with E-state index >= 15 is 0 Å². The normalized spacial score (nSPS) is 17.8. The number of phenols is 2. The van der Waals surface area contributed by atoms with E-state index in [1.165, 1.54) is 64.2 Å². The number of aliphatic imine (C=N–C) groups is 2. The van der Waals surface area contributed by atoms with Crippen LogP contribution in [-0.2, 0) is 16.5 Å². The zero-order chi connectivity index (χ0) is 21.0. The largest absolute Gasteiger partial charge is 0.507 e. The first kappa shape index (κ1) is 25.1. The van der Waals surface area contributed by atoms with E-state index in [-0.39, 0.29) is 16.5 Å². The Balaban J connectivity index is 0.000000213. The van der Waals surface area contributed by atoms with Crippen LogP contribution in [0.3, 0.4) is 0 Å². The van der Waals surface area contributed by atoms with Crippen LogP contribution < -0.4 is 0 Å². The molecule has 31 heavy (non-hydrogen) atoms. The molecule has 0 radical (unpaired) electrons. The Morgan fingerprint density at radius 3 is 1.29 bits per heavy atom. The van der Waals surface area contributed by atoms with Gasteiger partial charge in [0.1, 0.15) is 11.5 Å². The van der Waals surface area contributed by atoms with Gasteiger partial charge in [-0.3, -0.25) is 9.98 Å². The number of nitrogens with zero attached hydrogens (tertiary/aromatic N) is 2. The van der Waals surface area contributed by atoms with Crippen LogP contribution in [0.15, 0.2) is 58.5 Å². The Bertz CT molecular complexity index is 756. The standard InChI is InChI=1S/2C13H17NO.Ni/c2*15-13-9-5-4-6-11(13)10-14-12-7-2-1-3-8-12;/h2*4-6,9-10,12,15H,1-3,7-8H2;. The summed E-state index contributed by atoms with van der Waals surface area (Å²) in [4.78, 5) is 9.06. The molecule has 0 amide bonds. The number of aromatic hydroxyl groups is 2. The monoisotopic (exact) mass is 464 g/mol. The molecule has 0 spiro atoms. The molecule has 0 unspecified atom stereocenters. The number of hydrogen-bond donors (Lipinski definition) is 2. The van der Waals surface area contributed by atoms with Crippen LogP contribution in [0.2, 0.25) is 0 Å². The maximum Gasteiger partial charge on any atom is 0.124 e. The summed E-state index contributed by atoms with van der Waals surface area (Å²) >= 11 is 0. The van der Waals surface area contributed by atoms with Crippen molar-refractivity contribution in [2.45, 2.75) is 76.3 Å². The summed E-state index contributed by atoms with van der Waals surface area (Å²) in [6.07, 6.45) is 16.3. The second-order valence-corrected chi connectivity index (χ2v) is 8.26. The zero-order valence-electron chi connectivity index (χ0n) is 18.1. The van der Waals surface area contributed by atoms with Gasteiger partial charge in [-0.25, -0.2) is 0 Å². The van der Waals surface area contributed by atoms with Crippen molar-refractivity contribution in [3.05, 3.63) is 59.7 Å². The van der Waals surface area contributed by atoms with Crippen LogP contribution in [0.1, 0.15) is 75.3 Å². The van der Waals surface area contributed by atoms with Crippen molar-refractivity contribution < 1.29 is 26.7 Å². The molecule has 170 valence electrons. The Morgan fingerprint density at radius 1 is 0.581 bits per heavy atom. The molecule has 0 bridgehead atoms. The van der Waals surface area contributed by atoms with E-state index in [1.807, 2.05) is 48.8 Å². The minimum absolute atomic E-state index is 0. The van der Waals surface area contributed by atoms with Crippen molar-refractivity contribution in [1.29, 1.82) is 0 Å². The maximum atomic E-state index is 9.55. The van der Waals surface area contributed by atoms with Crippen molar-refractivity contribution in [3.8, 4) is 11.5 Å². The van der Waals surface area contributed by atoms with Crippen molar-refractivity contribution in [2.75, 3.05) is 0 Å². The summed E-state index contributed by atoms with van der Waals surface area (Å²) in [5, 5.41) is 19.1. The van der Waals surface area contributed by atoms with Gasteiger partial charge in [-0.2, -0.15) is 0 Å². The first-order valence-corrected chi connectivity index (χ1v) is 11.3. The molecular weight excluding hydrogens is 431 g/mol. The van der Waals surface area contributed by atoms with Gasteiger partial charge in [-0.1, -0.05) is 62.8 Å². The van der Waals surface area contributed by atoms with E-state index < -0.39 is 0 Å². The van der Waals surface area contributed by atoms with E-state index in [2.05, 4.69) is 9.98 Å². The predicted molar refractivity (Wildman–Crippen MR) is 125 cm³/mol. The van der Waals surface area contributed by atoms with Gasteiger partial charge in [-0.05, 0) is 49.9 Å². The molecule has 0 saturated heterocycles. The van der Waals surface area contributed by atoms with E-state index in [0.29, 0.717) is 23.6 Å². The SMILES string of the molecule is Oc1ccccc1C=NC1CCCCC1.Oc1ccccc1C=NC1CCCCC1.[Ni]. The summed E-state index contributed by atoms with van der Waals surface area (Å²) in [5.74, 6) is 0.633. The number of phenolic OH excluding ortho intramolecular Hbond substituents is 2. The average molecular weight is 465 g/mol. The van der Waals surface area contributed by atoms with Crippen LogP contribution >= 0.6 is 0 Å². The molecule has 4 rings (SSSR count). The second kappa shape index (κ2) is 14.0. The fraction of sp³-hybridized carbons (Fsp3) is 0.462. The van der Waals surface area contributed by atoms with Gasteiger partial charge in [0, 0.05) is 52.1 Å². The topological polar surface area (TPSA) is 65.2 Å². The van der Waals surface area contributed by atoms with Crippen molar-refractivity contribution in [2.24, 2.45) is 9.98 Å². The van der Waals surface area contributed by atoms with Gasteiger partial charge in [0.2, 0.25) is 0 Å². The molecule has 2 fully saturated rings. The van der Waals surface area contributed by atoms with Crippen molar-refractivity contribution in [3.63, 3.8) is 0 Å². The van der Waals surface area contributed by atoms with Gasteiger partial charge in [0.15, 0.2) is 0 Å². The molecule has 0 atom stereocenters. The van der Waals surface area contributed by atoms with E-state index in [9.17, 15) is 10.2 Å². The summed E-state index contributed by atoms with van der Waals surface area (Å²) in [6.45, 7) is 0. The molecule has 0 heterocycles. The molecule has 2 aliphatic carbocycles. The van der Waals surface area contributed by atoms with Gasteiger partial charge in [0.05, 0.1) is 0 Å². The van der Waals surface area contributed by atoms with Crippen LogP contribution in [0.5, 0.6) is 11.5 Å². The third-order valence-electron chi connectivity index (χ3n) is 5.87. The third kappa shape index (κ3) is 8.87. The average Bonchev–Trinajstić information content (AvgIpc) is 2.80.